The molecule has 8 rings (SSSR count). The third kappa shape index (κ3) is 4.79. The molecule has 1 aliphatic heterocycles. The Balaban J connectivity index is 1.34. The van der Waals surface area contributed by atoms with Gasteiger partial charge in [0.15, 0.2) is 11.2 Å². The summed E-state index contributed by atoms with van der Waals surface area (Å²) in [5.41, 5.74) is -1.32. The standard InChI is InChI=1S/C42H38N2O7/c1-40(21-19-29(47-2)20-22-40)42-35(27-13-9-6-10-14-27)34-37(41(42,46)36-32(49-4)23-31(48-3)24-33(36)51-42)43-38(44-39(34)45)28-15-17-30(18-16-28)50-25-26-11-7-5-8-12-26/h5-21,23-24,35,46H,22,25H2,1-4H3,(H,43,44,45)/t35-,40?,41+,42-/m1/s1. The van der Waals surface area contributed by atoms with E-state index in [0.29, 0.717) is 64.3 Å². The summed E-state index contributed by atoms with van der Waals surface area (Å²) in [5, 5.41) is 13.8. The van der Waals surface area contributed by atoms with Gasteiger partial charge in [-0.1, -0.05) is 73.7 Å². The number of nitrogens with one attached hydrogen (secondary N) is 1. The normalized spacial score (nSPS) is 24.1. The van der Waals surface area contributed by atoms with E-state index < -0.39 is 22.5 Å². The highest BCUT2D eigenvalue weighted by atomic mass is 16.5. The molecule has 3 aliphatic rings. The number of ether oxygens (including phenoxy) is 5. The van der Waals surface area contributed by atoms with Gasteiger partial charge in [-0.15, -0.1) is 0 Å². The minimum absolute atomic E-state index is 0.206. The molecule has 0 saturated carbocycles. The third-order valence-electron chi connectivity index (χ3n) is 10.6. The van der Waals surface area contributed by atoms with Gasteiger partial charge in [-0.25, -0.2) is 4.98 Å². The molecule has 0 amide bonds. The minimum atomic E-state index is -1.96. The van der Waals surface area contributed by atoms with Gasteiger partial charge in [0.05, 0.1) is 44.1 Å². The zero-order valence-corrected chi connectivity index (χ0v) is 28.8. The molecule has 0 saturated heterocycles. The maximum Gasteiger partial charge on any atom is 0.255 e. The van der Waals surface area contributed by atoms with Gasteiger partial charge in [0.2, 0.25) is 0 Å². The lowest BCUT2D eigenvalue weighted by Gasteiger charge is -2.51. The molecule has 2 N–H and O–H groups in total. The molecule has 51 heavy (non-hydrogen) atoms. The van der Waals surface area contributed by atoms with Gasteiger partial charge in [0, 0.05) is 23.1 Å². The summed E-state index contributed by atoms with van der Waals surface area (Å²) in [6, 6.07) is 30.5. The molecule has 1 unspecified atom stereocenters. The molecule has 1 aromatic heterocycles. The van der Waals surface area contributed by atoms with Crippen LogP contribution in [0.5, 0.6) is 23.0 Å². The molecule has 4 atom stereocenters. The van der Waals surface area contributed by atoms with Crippen LogP contribution in [0.1, 0.15) is 47.2 Å². The van der Waals surface area contributed by atoms with Crippen molar-refractivity contribution < 1.29 is 28.8 Å². The monoisotopic (exact) mass is 682 g/mol. The lowest BCUT2D eigenvalue weighted by Crippen LogP contribution is -2.62. The topological polar surface area (TPSA) is 112 Å². The predicted octanol–water partition coefficient (Wildman–Crippen LogP) is 7.04. The Morgan fingerprint density at radius 1 is 0.902 bits per heavy atom. The Kier molecular flexibility index (Phi) is 7.76. The quantitative estimate of drug-likeness (QED) is 0.170. The van der Waals surface area contributed by atoms with Crippen molar-refractivity contribution in [2.75, 3.05) is 21.3 Å². The Hall–Kier alpha value is -5.80. The van der Waals surface area contributed by atoms with E-state index in [9.17, 15) is 9.90 Å². The molecular weight excluding hydrogens is 644 g/mol. The van der Waals surface area contributed by atoms with Crippen LogP contribution >= 0.6 is 0 Å². The molecule has 0 bridgehead atoms. The van der Waals surface area contributed by atoms with Crippen molar-refractivity contribution in [2.24, 2.45) is 5.41 Å². The first-order chi connectivity index (χ1) is 24.8. The first-order valence-corrected chi connectivity index (χ1v) is 16.8. The minimum Gasteiger partial charge on any atom is -0.497 e. The number of methoxy groups -OCH3 is 3. The second-order valence-corrected chi connectivity index (χ2v) is 13.3. The van der Waals surface area contributed by atoms with E-state index in [4.69, 9.17) is 28.7 Å². The molecule has 5 aromatic rings. The van der Waals surface area contributed by atoms with E-state index in [-0.39, 0.29) is 11.3 Å². The Morgan fingerprint density at radius 2 is 1.63 bits per heavy atom. The van der Waals surface area contributed by atoms with Crippen molar-refractivity contribution in [3.63, 3.8) is 0 Å². The van der Waals surface area contributed by atoms with Gasteiger partial charge >= 0.3 is 0 Å². The van der Waals surface area contributed by atoms with Crippen molar-refractivity contribution in [3.05, 3.63) is 159 Å². The van der Waals surface area contributed by atoms with E-state index in [1.165, 1.54) is 7.11 Å². The number of allylic oxidation sites excluding steroid dienone is 2. The van der Waals surface area contributed by atoms with Crippen LogP contribution in [-0.4, -0.2) is 42.0 Å². The Bertz CT molecular complexity index is 2230. The van der Waals surface area contributed by atoms with Crippen LogP contribution in [0.25, 0.3) is 11.4 Å². The van der Waals surface area contributed by atoms with Gasteiger partial charge in [-0.3, -0.25) is 4.79 Å². The number of fused-ring (bicyclic) bond motifs is 5. The van der Waals surface area contributed by atoms with Crippen molar-refractivity contribution >= 4 is 0 Å². The number of aliphatic hydroxyl groups is 1. The smallest absolute Gasteiger partial charge is 0.255 e. The number of aromatic amines is 1. The predicted molar refractivity (Wildman–Crippen MR) is 192 cm³/mol. The average Bonchev–Trinajstić information content (AvgIpc) is 3.58. The summed E-state index contributed by atoms with van der Waals surface area (Å²) in [6.07, 6.45) is 6.32. The first kappa shape index (κ1) is 32.4. The number of hydrogen-bond donors (Lipinski definition) is 2. The molecule has 2 heterocycles. The number of benzene rings is 4. The molecule has 2 aliphatic carbocycles. The van der Waals surface area contributed by atoms with Crippen molar-refractivity contribution in [3.8, 4) is 34.4 Å². The summed E-state index contributed by atoms with van der Waals surface area (Å²) in [4.78, 5) is 22.8. The van der Waals surface area contributed by atoms with E-state index in [0.717, 1.165) is 11.1 Å². The lowest BCUT2D eigenvalue weighted by molar-refractivity contribution is -0.142. The number of rotatable bonds is 9. The third-order valence-corrected chi connectivity index (χ3v) is 10.6. The maximum absolute atomic E-state index is 14.6. The zero-order chi connectivity index (χ0) is 35.4. The van der Waals surface area contributed by atoms with Crippen LogP contribution in [0.3, 0.4) is 0 Å². The molecule has 258 valence electrons. The number of H-pyrrole nitrogens is 1. The van der Waals surface area contributed by atoms with Gasteiger partial charge < -0.3 is 33.8 Å². The summed E-state index contributed by atoms with van der Waals surface area (Å²) >= 11 is 0. The van der Waals surface area contributed by atoms with Crippen molar-refractivity contribution in [1.82, 2.24) is 9.97 Å². The number of hydrogen-bond acceptors (Lipinski definition) is 8. The number of nitrogens with zero attached hydrogens (tertiary/aromatic N) is 1. The van der Waals surface area contributed by atoms with Crippen molar-refractivity contribution in [2.45, 2.75) is 37.1 Å². The molecule has 0 fully saturated rings. The number of aromatic nitrogens is 2. The van der Waals surface area contributed by atoms with E-state index >= 15 is 0 Å². The fourth-order valence-corrected chi connectivity index (χ4v) is 8.14. The van der Waals surface area contributed by atoms with Gasteiger partial charge in [0.25, 0.3) is 5.56 Å². The second kappa shape index (κ2) is 12.2. The fraction of sp³-hybridized carbons (Fsp3) is 0.238. The highest BCUT2D eigenvalue weighted by Crippen LogP contribution is 2.71. The van der Waals surface area contributed by atoms with Crippen LogP contribution < -0.4 is 24.5 Å². The van der Waals surface area contributed by atoms with E-state index in [1.807, 2.05) is 110 Å². The van der Waals surface area contributed by atoms with E-state index in [2.05, 4.69) is 4.98 Å². The van der Waals surface area contributed by atoms with Crippen LogP contribution in [0.15, 0.2) is 126 Å². The second-order valence-electron chi connectivity index (χ2n) is 13.3. The summed E-state index contributed by atoms with van der Waals surface area (Å²) in [6.45, 7) is 2.46. The van der Waals surface area contributed by atoms with Crippen LogP contribution in [0, 0.1) is 5.41 Å². The molecule has 4 aromatic carbocycles. The summed E-state index contributed by atoms with van der Waals surface area (Å²) in [7, 11) is 4.73. The molecule has 9 nitrogen and oxygen atoms in total. The van der Waals surface area contributed by atoms with Crippen LogP contribution in [0.2, 0.25) is 0 Å². The average molecular weight is 683 g/mol. The molecule has 0 spiro atoms. The summed E-state index contributed by atoms with van der Waals surface area (Å²) < 4.78 is 30.4. The maximum atomic E-state index is 14.6. The molecule has 0 radical (unpaired) electrons. The first-order valence-electron chi connectivity index (χ1n) is 16.8. The highest BCUT2D eigenvalue weighted by molar-refractivity contribution is 5.69. The largest absolute Gasteiger partial charge is 0.497 e. The lowest BCUT2D eigenvalue weighted by atomic mass is 9.57. The van der Waals surface area contributed by atoms with Gasteiger partial charge in [0.1, 0.15) is 41.2 Å². The van der Waals surface area contributed by atoms with Crippen LogP contribution in [-0.2, 0) is 16.9 Å². The summed E-state index contributed by atoms with van der Waals surface area (Å²) in [5.74, 6) is 2.16. The Morgan fingerprint density at radius 3 is 2.27 bits per heavy atom. The van der Waals surface area contributed by atoms with Gasteiger partial charge in [-0.05, 0) is 54.0 Å². The van der Waals surface area contributed by atoms with Crippen molar-refractivity contribution in [1.29, 1.82) is 0 Å². The molecule has 9 heteroatoms. The SMILES string of the molecule is COC1=CCC(C)([C@@]23Oc4cc(OC)cc(OC)c4[C@]2(O)c2nc(-c4ccc(OCc5ccccc5)cc4)[nH]c(=O)c2[C@H]3c2ccccc2)C=C1. The fourth-order valence-electron chi connectivity index (χ4n) is 8.14. The van der Waals surface area contributed by atoms with Crippen LogP contribution in [0.4, 0.5) is 0 Å². The highest BCUT2D eigenvalue weighted by Gasteiger charge is 2.78. The zero-order valence-electron chi connectivity index (χ0n) is 28.8. The molecular formula is C42H38N2O7. The Labute approximate surface area is 295 Å². The van der Waals surface area contributed by atoms with E-state index in [1.54, 1.807) is 26.4 Å². The van der Waals surface area contributed by atoms with Gasteiger partial charge in [-0.2, -0.15) is 0 Å².